The number of nitrogens with one attached hydrogen (secondary N) is 1. The fourth-order valence-corrected chi connectivity index (χ4v) is 3.80. The molecule has 192 valence electrons. The first-order valence-corrected chi connectivity index (χ1v) is 11.7. The molecule has 2 aromatic carbocycles. The molecule has 0 fully saturated rings. The molecule has 0 aliphatic carbocycles. The molecule has 7 N–H and O–H groups in total. The van der Waals surface area contributed by atoms with E-state index in [1.807, 2.05) is 60.8 Å². The summed E-state index contributed by atoms with van der Waals surface area (Å²) in [6.07, 6.45) is 4.91. The number of nitrogens with zero attached hydrogens (tertiary/aromatic N) is 2. The van der Waals surface area contributed by atoms with E-state index >= 15 is 0 Å². The number of carbonyl (C=O) groups is 3. The van der Waals surface area contributed by atoms with E-state index in [1.165, 1.54) is 12.5 Å². The van der Waals surface area contributed by atoms with Gasteiger partial charge in [-0.05, 0) is 23.6 Å². The number of imidazole rings is 1. The molecular formula is C26H28N6O5. The Morgan fingerprint density at radius 1 is 0.838 bits per heavy atom. The summed E-state index contributed by atoms with van der Waals surface area (Å²) in [4.78, 5) is 49.4. The summed E-state index contributed by atoms with van der Waals surface area (Å²) in [6, 6.07) is 13.7. The van der Waals surface area contributed by atoms with E-state index in [4.69, 9.17) is 26.8 Å². The van der Waals surface area contributed by atoms with Gasteiger partial charge in [-0.1, -0.05) is 48.5 Å². The molecule has 0 aliphatic heterocycles. The standard InChI is InChI=1S/C26H28N6O5/c27-20(10-16-6-2-1-3-7-16)24(33)36-25(34)22(29)12-18-14-32(15-31-18)37-26(35)21(28)11-17-13-30-23-9-5-4-8-19(17)23/h1-9,13-15,20-22,30H,10-12,27-29H2/t20-,21-,22-/m0/s1. The average molecular weight is 505 g/mol. The maximum Gasteiger partial charge on any atom is 0.349 e. The highest BCUT2D eigenvalue weighted by Gasteiger charge is 2.25. The topological polar surface area (TPSA) is 181 Å². The normalized spacial score (nSPS) is 13.6. The van der Waals surface area contributed by atoms with Crippen LogP contribution in [-0.4, -0.2) is 50.7 Å². The van der Waals surface area contributed by atoms with E-state index in [2.05, 4.69) is 9.97 Å². The van der Waals surface area contributed by atoms with Gasteiger partial charge in [0.15, 0.2) is 0 Å². The number of hydrogen-bond acceptors (Lipinski definition) is 9. The maximum atomic E-state index is 12.5. The van der Waals surface area contributed by atoms with Gasteiger partial charge in [-0.3, -0.25) is 0 Å². The third-order valence-corrected chi connectivity index (χ3v) is 5.76. The largest absolute Gasteiger partial charge is 0.391 e. The van der Waals surface area contributed by atoms with Crippen LogP contribution in [0.4, 0.5) is 0 Å². The Kier molecular flexibility index (Phi) is 8.08. The summed E-state index contributed by atoms with van der Waals surface area (Å²) in [5.41, 5.74) is 20.8. The molecule has 3 atom stereocenters. The molecule has 11 heteroatoms. The number of H-pyrrole nitrogens is 1. The van der Waals surface area contributed by atoms with Crippen molar-refractivity contribution in [2.24, 2.45) is 17.2 Å². The summed E-state index contributed by atoms with van der Waals surface area (Å²) in [6.45, 7) is 0. The van der Waals surface area contributed by atoms with Crippen LogP contribution in [0, 0.1) is 0 Å². The van der Waals surface area contributed by atoms with Gasteiger partial charge in [0, 0.05) is 29.9 Å². The van der Waals surface area contributed by atoms with Crippen LogP contribution < -0.4 is 22.0 Å². The number of ether oxygens (including phenoxy) is 1. The fraction of sp³-hybridized carbons (Fsp3) is 0.231. The van der Waals surface area contributed by atoms with Crippen LogP contribution in [-0.2, 0) is 38.4 Å². The molecule has 0 amide bonds. The van der Waals surface area contributed by atoms with Crippen molar-refractivity contribution in [3.05, 3.63) is 90.1 Å². The predicted octanol–water partition coefficient (Wildman–Crippen LogP) is 0.399. The third-order valence-electron chi connectivity index (χ3n) is 5.76. The Morgan fingerprint density at radius 3 is 2.24 bits per heavy atom. The number of esters is 2. The molecule has 2 heterocycles. The number of rotatable bonds is 10. The molecule has 37 heavy (non-hydrogen) atoms. The number of hydrogen-bond donors (Lipinski definition) is 4. The molecule has 0 saturated heterocycles. The van der Waals surface area contributed by atoms with Gasteiger partial charge in [0.2, 0.25) is 0 Å². The molecule has 0 radical (unpaired) electrons. The quantitative estimate of drug-likeness (QED) is 0.175. The molecule has 0 saturated carbocycles. The van der Waals surface area contributed by atoms with E-state index in [1.54, 1.807) is 0 Å². The smallest absolute Gasteiger partial charge is 0.349 e. The Hall–Kier alpha value is -4.32. The van der Waals surface area contributed by atoms with Gasteiger partial charge in [-0.2, -0.15) is 4.73 Å². The van der Waals surface area contributed by atoms with Gasteiger partial charge in [0.05, 0.1) is 11.9 Å². The number of para-hydroxylation sites is 1. The second-order valence-electron chi connectivity index (χ2n) is 8.65. The summed E-state index contributed by atoms with van der Waals surface area (Å²) >= 11 is 0. The summed E-state index contributed by atoms with van der Waals surface area (Å²) in [7, 11) is 0. The summed E-state index contributed by atoms with van der Waals surface area (Å²) in [5, 5.41) is 0.982. The highest BCUT2D eigenvalue weighted by Crippen LogP contribution is 2.18. The van der Waals surface area contributed by atoms with Crippen LogP contribution in [0.5, 0.6) is 0 Å². The number of carbonyl (C=O) groups excluding carboxylic acids is 3. The second-order valence-corrected chi connectivity index (χ2v) is 8.65. The Balaban J connectivity index is 1.25. The predicted molar refractivity (Wildman–Crippen MR) is 135 cm³/mol. The van der Waals surface area contributed by atoms with Crippen molar-refractivity contribution in [1.82, 2.24) is 14.7 Å². The van der Waals surface area contributed by atoms with Gasteiger partial charge in [0.25, 0.3) is 0 Å². The van der Waals surface area contributed by atoms with Gasteiger partial charge < -0.3 is 31.8 Å². The molecular weight excluding hydrogens is 476 g/mol. The minimum absolute atomic E-state index is 0.0496. The highest BCUT2D eigenvalue weighted by molar-refractivity contribution is 5.91. The minimum Gasteiger partial charge on any atom is -0.391 e. The summed E-state index contributed by atoms with van der Waals surface area (Å²) in [5.74, 6) is -2.45. The molecule has 2 aromatic heterocycles. The minimum atomic E-state index is -1.17. The van der Waals surface area contributed by atoms with E-state index < -0.39 is 36.0 Å². The van der Waals surface area contributed by atoms with Crippen molar-refractivity contribution in [2.75, 3.05) is 0 Å². The van der Waals surface area contributed by atoms with Crippen LogP contribution in [0.2, 0.25) is 0 Å². The zero-order valence-corrected chi connectivity index (χ0v) is 19.9. The SMILES string of the molecule is N[C@@H](Cc1ccccc1)C(=O)OC(=O)[C@@H](N)Cc1cn(OC(=O)[C@@H](N)Cc2c[nH]c3ccccc23)cn1. The van der Waals surface area contributed by atoms with Gasteiger partial charge in [0.1, 0.15) is 24.5 Å². The Morgan fingerprint density at radius 2 is 1.49 bits per heavy atom. The molecule has 0 aliphatic rings. The van der Waals surface area contributed by atoms with E-state index in [9.17, 15) is 14.4 Å². The third kappa shape index (κ3) is 6.67. The molecule has 4 aromatic rings. The maximum absolute atomic E-state index is 12.5. The molecule has 0 bridgehead atoms. The van der Waals surface area contributed by atoms with Crippen molar-refractivity contribution < 1.29 is 24.0 Å². The number of nitrogens with two attached hydrogens (primary N) is 3. The first-order chi connectivity index (χ1) is 17.8. The van der Waals surface area contributed by atoms with Gasteiger partial charge in [-0.15, -0.1) is 0 Å². The van der Waals surface area contributed by atoms with E-state index in [-0.39, 0.29) is 19.3 Å². The van der Waals surface area contributed by atoms with Gasteiger partial charge >= 0.3 is 17.9 Å². The lowest BCUT2D eigenvalue weighted by Crippen LogP contribution is -2.41. The molecule has 0 unspecified atom stereocenters. The van der Waals surface area contributed by atoms with Crippen LogP contribution in [0.25, 0.3) is 10.9 Å². The fourth-order valence-electron chi connectivity index (χ4n) is 3.80. The molecule has 0 spiro atoms. The second kappa shape index (κ2) is 11.6. The van der Waals surface area contributed by atoms with Crippen molar-refractivity contribution >= 4 is 28.8 Å². The van der Waals surface area contributed by atoms with Crippen molar-refractivity contribution in [1.29, 1.82) is 0 Å². The lowest BCUT2D eigenvalue weighted by Gasteiger charge is -2.13. The Bertz CT molecular complexity index is 1380. The monoisotopic (exact) mass is 504 g/mol. The van der Waals surface area contributed by atoms with Crippen LogP contribution in [0.3, 0.4) is 0 Å². The van der Waals surface area contributed by atoms with Crippen LogP contribution in [0.15, 0.2) is 73.3 Å². The van der Waals surface area contributed by atoms with Crippen LogP contribution >= 0.6 is 0 Å². The molecule has 4 rings (SSSR count). The van der Waals surface area contributed by atoms with Crippen LogP contribution in [0.1, 0.15) is 16.8 Å². The zero-order chi connectivity index (χ0) is 26.4. The van der Waals surface area contributed by atoms with E-state index in [0.717, 1.165) is 26.8 Å². The lowest BCUT2D eigenvalue weighted by molar-refractivity contribution is -0.161. The molecule has 11 nitrogen and oxygen atoms in total. The van der Waals surface area contributed by atoms with Crippen molar-refractivity contribution in [2.45, 2.75) is 37.4 Å². The zero-order valence-electron chi connectivity index (χ0n) is 19.9. The first-order valence-electron chi connectivity index (χ1n) is 11.7. The highest BCUT2D eigenvalue weighted by atomic mass is 16.7. The lowest BCUT2D eigenvalue weighted by atomic mass is 10.1. The number of benzene rings is 2. The number of aromatic nitrogens is 3. The average Bonchev–Trinajstić information content (AvgIpc) is 3.51. The van der Waals surface area contributed by atoms with Crippen molar-refractivity contribution in [3.8, 4) is 0 Å². The Labute approximate surface area is 212 Å². The first kappa shape index (κ1) is 25.8. The van der Waals surface area contributed by atoms with Crippen molar-refractivity contribution in [3.63, 3.8) is 0 Å². The number of aromatic amines is 1. The van der Waals surface area contributed by atoms with Gasteiger partial charge in [-0.25, -0.2) is 19.4 Å². The number of fused-ring (bicyclic) bond motifs is 1. The summed E-state index contributed by atoms with van der Waals surface area (Å²) < 4.78 is 5.92. The van der Waals surface area contributed by atoms with E-state index in [0.29, 0.717) is 5.69 Å².